The Hall–Kier alpha value is -2.60. The van der Waals surface area contributed by atoms with Gasteiger partial charge in [0, 0.05) is 35.3 Å². The smallest absolute Gasteiger partial charge is 0.269 e. The van der Waals surface area contributed by atoms with Gasteiger partial charge in [0.2, 0.25) is 0 Å². The molecule has 2 aromatic carbocycles. The maximum atomic E-state index is 15.5. The number of likely N-dealkylation sites (N-methyl/N-ethyl adjacent to an activating group) is 1. The standard InChI is InChI=1S/C26H32ClFN4O4S2/c1-31(2)23-8-6-5-7-21(23)30-22-15-20(28)25(14-19(22)27)38(33,34)32(26-29-11-12-37-26)16-17-9-10-18(35-3)13-24(17)36-4/h9-15,21,23,30H,5-8,16H2,1-4H3/t21-,23-/m0/s1. The van der Waals surface area contributed by atoms with E-state index in [1.54, 1.807) is 23.6 Å². The molecule has 38 heavy (non-hydrogen) atoms. The summed E-state index contributed by atoms with van der Waals surface area (Å²) in [7, 11) is 2.67. The van der Waals surface area contributed by atoms with Crippen LogP contribution in [-0.4, -0.2) is 58.7 Å². The van der Waals surface area contributed by atoms with Crippen LogP contribution in [0.3, 0.4) is 0 Å². The van der Waals surface area contributed by atoms with Crippen molar-refractivity contribution < 1.29 is 22.3 Å². The van der Waals surface area contributed by atoms with Crippen LogP contribution in [0.2, 0.25) is 5.02 Å². The molecule has 8 nitrogen and oxygen atoms in total. The minimum atomic E-state index is -4.39. The van der Waals surface area contributed by atoms with Crippen LogP contribution in [0.1, 0.15) is 31.2 Å². The maximum absolute atomic E-state index is 15.5. The summed E-state index contributed by atoms with van der Waals surface area (Å²) < 4.78 is 55.1. The first-order chi connectivity index (χ1) is 18.1. The van der Waals surface area contributed by atoms with Crippen molar-refractivity contribution in [3.8, 4) is 11.5 Å². The maximum Gasteiger partial charge on any atom is 0.269 e. The number of aromatic nitrogens is 1. The third kappa shape index (κ3) is 6.01. The lowest BCUT2D eigenvalue weighted by molar-refractivity contribution is 0.211. The molecule has 12 heteroatoms. The molecule has 1 saturated carbocycles. The molecule has 3 aromatic rings. The number of sulfonamides is 1. The van der Waals surface area contributed by atoms with Gasteiger partial charge >= 0.3 is 0 Å². The molecule has 1 heterocycles. The molecule has 0 radical (unpaired) electrons. The number of hydrogen-bond acceptors (Lipinski definition) is 8. The van der Waals surface area contributed by atoms with Crippen LogP contribution < -0.4 is 19.1 Å². The molecule has 1 aliphatic rings. The molecule has 4 rings (SSSR count). The van der Waals surface area contributed by atoms with E-state index < -0.39 is 20.7 Å². The molecule has 2 atom stereocenters. The molecule has 1 aromatic heterocycles. The van der Waals surface area contributed by atoms with Gasteiger partial charge in [-0.15, -0.1) is 11.3 Å². The van der Waals surface area contributed by atoms with Crippen LogP contribution in [0.25, 0.3) is 0 Å². The zero-order chi connectivity index (χ0) is 27.4. The van der Waals surface area contributed by atoms with Gasteiger partial charge in [-0.2, -0.15) is 0 Å². The zero-order valence-electron chi connectivity index (χ0n) is 21.8. The Labute approximate surface area is 232 Å². The molecule has 0 amide bonds. The summed E-state index contributed by atoms with van der Waals surface area (Å²) >= 11 is 7.68. The zero-order valence-corrected chi connectivity index (χ0v) is 24.2. The largest absolute Gasteiger partial charge is 0.497 e. The summed E-state index contributed by atoms with van der Waals surface area (Å²) in [6.07, 6.45) is 5.63. The van der Waals surface area contributed by atoms with E-state index in [4.69, 9.17) is 21.1 Å². The predicted octanol–water partition coefficient (Wildman–Crippen LogP) is 5.63. The van der Waals surface area contributed by atoms with Crippen molar-refractivity contribution in [2.24, 2.45) is 0 Å². The number of benzene rings is 2. The van der Waals surface area contributed by atoms with E-state index in [0.717, 1.165) is 41.3 Å². The summed E-state index contributed by atoms with van der Waals surface area (Å²) in [6.45, 7) is -0.132. The topological polar surface area (TPSA) is 84.0 Å². The number of methoxy groups -OCH3 is 2. The highest BCUT2D eigenvalue weighted by Gasteiger charge is 2.33. The first-order valence-corrected chi connectivity index (χ1v) is 14.9. The van der Waals surface area contributed by atoms with Gasteiger partial charge in [-0.3, -0.25) is 0 Å². The summed E-state index contributed by atoms with van der Waals surface area (Å²) in [6, 6.07) is 7.76. The average molecular weight is 583 g/mol. The first-order valence-electron chi connectivity index (χ1n) is 12.2. The Balaban J connectivity index is 1.69. The molecular formula is C26H32ClFN4O4S2. The number of halogens is 2. The Morgan fingerprint density at radius 3 is 2.58 bits per heavy atom. The van der Waals surface area contributed by atoms with Gasteiger partial charge in [-0.1, -0.05) is 24.4 Å². The number of ether oxygens (including phenoxy) is 2. The second-order valence-electron chi connectivity index (χ2n) is 9.33. The molecule has 0 saturated heterocycles. The number of anilines is 2. The van der Waals surface area contributed by atoms with E-state index in [-0.39, 0.29) is 28.8 Å². The molecule has 0 aliphatic heterocycles. The van der Waals surface area contributed by atoms with Gasteiger partial charge < -0.3 is 19.7 Å². The Morgan fingerprint density at radius 1 is 1.16 bits per heavy atom. The average Bonchev–Trinajstić information content (AvgIpc) is 3.43. The van der Waals surface area contributed by atoms with Crippen molar-refractivity contribution in [3.05, 3.63) is 58.3 Å². The van der Waals surface area contributed by atoms with Crippen LogP contribution in [-0.2, 0) is 16.6 Å². The highest BCUT2D eigenvalue weighted by molar-refractivity contribution is 7.93. The van der Waals surface area contributed by atoms with Crippen LogP contribution in [0.15, 0.2) is 46.8 Å². The SMILES string of the molecule is COc1ccc(CN(c2nccs2)S(=O)(=O)c2cc(Cl)c(N[C@H]3CCCC[C@@H]3N(C)C)cc2F)c(OC)c1. The van der Waals surface area contributed by atoms with Crippen molar-refractivity contribution >= 4 is 43.8 Å². The number of nitrogens with one attached hydrogen (secondary N) is 1. The van der Waals surface area contributed by atoms with Gasteiger partial charge in [0.05, 0.1) is 31.5 Å². The van der Waals surface area contributed by atoms with Gasteiger partial charge in [0.25, 0.3) is 10.0 Å². The second-order valence-corrected chi connectivity index (χ2v) is 12.4. The first kappa shape index (κ1) is 28.4. The van der Waals surface area contributed by atoms with E-state index >= 15 is 4.39 Å². The van der Waals surface area contributed by atoms with Crippen LogP contribution in [0.5, 0.6) is 11.5 Å². The van der Waals surface area contributed by atoms with E-state index in [0.29, 0.717) is 22.7 Å². The lowest BCUT2D eigenvalue weighted by Gasteiger charge is -2.37. The summed E-state index contributed by atoms with van der Waals surface area (Å²) in [4.78, 5) is 5.82. The molecule has 0 unspecified atom stereocenters. The van der Waals surface area contributed by atoms with E-state index in [1.165, 1.54) is 32.5 Å². The van der Waals surface area contributed by atoms with Gasteiger partial charge in [-0.05, 0) is 51.2 Å². The highest BCUT2D eigenvalue weighted by Crippen LogP contribution is 2.36. The molecular weight excluding hydrogens is 551 g/mol. The van der Waals surface area contributed by atoms with Crippen molar-refractivity contribution in [1.29, 1.82) is 0 Å². The minimum absolute atomic E-state index is 0.0764. The molecule has 0 bridgehead atoms. The fourth-order valence-corrected chi connectivity index (χ4v) is 7.41. The Bertz CT molecular complexity index is 1360. The number of hydrogen-bond donors (Lipinski definition) is 1. The molecule has 0 spiro atoms. The third-order valence-corrected chi connectivity index (χ3v) is 9.74. The molecule has 1 aliphatic carbocycles. The fourth-order valence-electron chi connectivity index (χ4n) is 4.78. The number of nitrogens with zero attached hydrogens (tertiary/aromatic N) is 3. The lowest BCUT2D eigenvalue weighted by Crippen LogP contribution is -2.45. The minimum Gasteiger partial charge on any atom is -0.497 e. The van der Waals surface area contributed by atoms with E-state index in [1.807, 2.05) is 14.1 Å². The quantitative estimate of drug-likeness (QED) is 0.331. The van der Waals surface area contributed by atoms with Crippen molar-refractivity contribution in [3.63, 3.8) is 0 Å². The summed E-state index contributed by atoms with van der Waals surface area (Å²) in [5, 5.41) is 5.34. The second kappa shape index (κ2) is 12.1. The Morgan fingerprint density at radius 2 is 1.92 bits per heavy atom. The van der Waals surface area contributed by atoms with Crippen molar-refractivity contribution in [1.82, 2.24) is 9.88 Å². The van der Waals surface area contributed by atoms with Crippen molar-refractivity contribution in [2.75, 3.05) is 37.9 Å². The van der Waals surface area contributed by atoms with E-state index in [2.05, 4.69) is 15.2 Å². The summed E-state index contributed by atoms with van der Waals surface area (Å²) in [5.41, 5.74) is 0.934. The summed E-state index contributed by atoms with van der Waals surface area (Å²) in [5.74, 6) is 0.101. The highest BCUT2D eigenvalue weighted by atomic mass is 35.5. The molecule has 206 valence electrons. The molecule has 1 N–H and O–H groups in total. The molecule has 1 fully saturated rings. The van der Waals surface area contributed by atoms with Crippen LogP contribution in [0.4, 0.5) is 15.2 Å². The normalized spacial score (nSPS) is 17.9. The monoisotopic (exact) mass is 582 g/mol. The number of rotatable bonds is 10. The fraction of sp³-hybridized carbons (Fsp3) is 0.423. The van der Waals surface area contributed by atoms with E-state index in [9.17, 15) is 8.42 Å². The van der Waals surface area contributed by atoms with Crippen LogP contribution in [0, 0.1) is 5.82 Å². The Kier molecular flexibility index (Phi) is 9.02. The lowest BCUT2D eigenvalue weighted by atomic mass is 9.89. The van der Waals surface area contributed by atoms with Crippen LogP contribution >= 0.6 is 22.9 Å². The van der Waals surface area contributed by atoms with Gasteiger partial charge in [-0.25, -0.2) is 22.1 Å². The predicted molar refractivity (Wildman–Crippen MR) is 150 cm³/mol. The van der Waals surface area contributed by atoms with Gasteiger partial charge in [0.1, 0.15) is 22.2 Å². The third-order valence-electron chi connectivity index (χ3n) is 6.76. The number of thiazole rings is 1. The van der Waals surface area contributed by atoms with Crippen molar-refractivity contribution in [2.45, 2.75) is 49.2 Å². The van der Waals surface area contributed by atoms with Gasteiger partial charge in [0.15, 0.2) is 5.13 Å².